The van der Waals surface area contributed by atoms with E-state index < -0.39 is 9.84 Å². The maximum atomic E-state index is 12.9. The molecule has 0 aliphatic carbocycles. The lowest BCUT2D eigenvalue weighted by Gasteiger charge is -2.16. The smallest absolute Gasteiger partial charge is 0.265 e. The van der Waals surface area contributed by atoms with E-state index in [1.807, 2.05) is 6.92 Å². The van der Waals surface area contributed by atoms with Crippen LogP contribution in [-0.4, -0.2) is 21.4 Å². The molecule has 9 heteroatoms. The Kier molecular flexibility index (Phi) is 5.11. The van der Waals surface area contributed by atoms with Crippen LogP contribution in [0.5, 0.6) is 5.75 Å². The third-order valence-electron chi connectivity index (χ3n) is 4.63. The van der Waals surface area contributed by atoms with Crippen molar-refractivity contribution >= 4 is 56.0 Å². The SMILES string of the molecule is COc1cc(Cl)c(C)cc1NC(=O)c1cc2c(s1)-c1ccc(Cl)cc1S(=O)(=O)C2. The largest absolute Gasteiger partial charge is 0.495 e. The summed E-state index contributed by atoms with van der Waals surface area (Å²) in [6.45, 7) is 1.83. The Bertz CT molecular complexity index is 1270. The van der Waals surface area contributed by atoms with Gasteiger partial charge in [0.25, 0.3) is 5.91 Å². The summed E-state index contributed by atoms with van der Waals surface area (Å²) in [5.74, 6) is -0.0711. The van der Waals surface area contributed by atoms with Crippen LogP contribution < -0.4 is 10.1 Å². The maximum Gasteiger partial charge on any atom is 0.265 e. The third-order valence-corrected chi connectivity index (χ3v) is 8.18. The van der Waals surface area contributed by atoms with Gasteiger partial charge in [-0.2, -0.15) is 0 Å². The number of hydrogen-bond donors (Lipinski definition) is 1. The quantitative estimate of drug-likeness (QED) is 0.545. The molecule has 5 nitrogen and oxygen atoms in total. The molecule has 1 amide bonds. The predicted octanol–water partition coefficient (Wildman–Crippen LogP) is 5.58. The number of fused-ring (bicyclic) bond motifs is 3. The molecule has 0 atom stereocenters. The number of carbonyl (C=O) groups excluding carboxylic acids is 1. The topological polar surface area (TPSA) is 72.5 Å². The molecule has 2 aromatic carbocycles. The molecule has 0 bridgehead atoms. The molecule has 1 N–H and O–H groups in total. The summed E-state index contributed by atoms with van der Waals surface area (Å²) >= 11 is 13.3. The van der Waals surface area contributed by atoms with E-state index in [4.69, 9.17) is 27.9 Å². The normalized spacial score (nSPS) is 14.1. The summed E-state index contributed by atoms with van der Waals surface area (Å²) in [6, 6.07) is 9.77. The van der Waals surface area contributed by atoms with Gasteiger partial charge in [0.15, 0.2) is 9.84 Å². The Morgan fingerprint density at radius 2 is 1.93 bits per heavy atom. The molecule has 0 radical (unpaired) electrons. The van der Waals surface area contributed by atoms with Crippen LogP contribution in [0, 0.1) is 6.92 Å². The van der Waals surface area contributed by atoms with Crippen LogP contribution in [0.25, 0.3) is 10.4 Å². The highest BCUT2D eigenvalue weighted by atomic mass is 35.5. The van der Waals surface area contributed by atoms with Crippen LogP contribution in [0.15, 0.2) is 41.3 Å². The number of carbonyl (C=O) groups is 1. The molecule has 4 rings (SSSR count). The second-order valence-electron chi connectivity index (χ2n) is 6.62. The summed E-state index contributed by atoms with van der Waals surface area (Å²) < 4.78 is 30.6. The molecule has 1 aliphatic rings. The van der Waals surface area contributed by atoms with Gasteiger partial charge in [0, 0.05) is 26.6 Å². The van der Waals surface area contributed by atoms with Crippen molar-refractivity contribution in [3.05, 3.63) is 62.4 Å². The van der Waals surface area contributed by atoms with Gasteiger partial charge in [0.05, 0.1) is 28.3 Å². The molecular formula is C20H15Cl2NO4S2. The van der Waals surface area contributed by atoms with E-state index in [2.05, 4.69) is 5.32 Å². The highest BCUT2D eigenvalue weighted by Crippen LogP contribution is 2.44. The van der Waals surface area contributed by atoms with Crippen molar-refractivity contribution in [3.8, 4) is 16.2 Å². The van der Waals surface area contributed by atoms with Crippen molar-refractivity contribution in [1.29, 1.82) is 0 Å². The Balaban J connectivity index is 1.72. The lowest BCUT2D eigenvalue weighted by molar-refractivity contribution is 0.103. The summed E-state index contributed by atoms with van der Waals surface area (Å²) in [5.41, 5.74) is 2.46. The second-order valence-corrected chi connectivity index (χ2v) is 10.5. The fourth-order valence-electron chi connectivity index (χ4n) is 3.21. The van der Waals surface area contributed by atoms with Crippen molar-refractivity contribution in [2.75, 3.05) is 12.4 Å². The Labute approximate surface area is 182 Å². The van der Waals surface area contributed by atoms with Gasteiger partial charge >= 0.3 is 0 Å². The maximum absolute atomic E-state index is 12.9. The molecule has 3 aromatic rings. The van der Waals surface area contributed by atoms with Crippen LogP contribution in [-0.2, 0) is 15.6 Å². The zero-order chi connectivity index (χ0) is 20.9. The Hall–Kier alpha value is -2.06. The number of ether oxygens (including phenoxy) is 1. The summed E-state index contributed by atoms with van der Waals surface area (Å²) in [6.07, 6.45) is 0. The third kappa shape index (κ3) is 3.64. The average molecular weight is 468 g/mol. The number of halogens is 2. The van der Waals surface area contributed by atoms with Crippen LogP contribution in [0.3, 0.4) is 0 Å². The van der Waals surface area contributed by atoms with Crippen LogP contribution in [0.1, 0.15) is 20.8 Å². The number of aryl methyl sites for hydroxylation is 1. The summed E-state index contributed by atoms with van der Waals surface area (Å²) in [7, 11) is -2.02. The lowest BCUT2D eigenvalue weighted by Crippen LogP contribution is -2.12. The van der Waals surface area contributed by atoms with Crippen molar-refractivity contribution < 1.29 is 17.9 Å². The monoisotopic (exact) mass is 467 g/mol. The first kappa shape index (κ1) is 20.2. The Morgan fingerprint density at radius 3 is 2.66 bits per heavy atom. The Morgan fingerprint density at radius 1 is 1.17 bits per heavy atom. The molecule has 0 saturated heterocycles. The van der Waals surface area contributed by atoms with Crippen LogP contribution >= 0.6 is 34.5 Å². The minimum Gasteiger partial charge on any atom is -0.495 e. The van der Waals surface area contributed by atoms with E-state index in [1.54, 1.807) is 30.3 Å². The molecule has 29 heavy (non-hydrogen) atoms. The van der Waals surface area contributed by atoms with Crippen LogP contribution in [0.2, 0.25) is 10.0 Å². The van der Waals surface area contributed by atoms with Crippen molar-refractivity contribution in [2.45, 2.75) is 17.6 Å². The van der Waals surface area contributed by atoms with Gasteiger partial charge in [-0.05, 0) is 42.3 Å². The van der Waals surface area contributed by atoms with E-state index in [1.165, 1.54) is 24.5 Å². The van der Waals surface area contributed by atoms with Gasteiger partial charge < -0.3 is 10.1 Å². The second kappa shape index (κ2) is 7.32. The van der Waals surface area contributed by atoms with E-state index in [0.29, 0.717) is 37.5 Å². The molecule has 1 aromatic heterocycles. The zero-order valence-corrected chi connectivity index (χ0v) is 18.5. The van der Waals surface area contributed by atoms with Gasteiger partial charge in [0.2, 0.25) is 0 Å². The molecule has 0 fully saturated rings. The average Bonchev–Trinajstić information content (AvgIpc) is 3.08. The number of thiophene rings is 1. The molecule has 0 unspecified atom stereocenters. The van der Waals surface area contributed by atoms with Crippen LogP contribution in [0.4, 0.5) is 5.69 Å². The number of nitrogens with one attached hydrogen (secondary N) is 1. The van der Waals surface area contributed by atoms with Gasteiger partial charge in [-0.25, -0.2) is 8.42 Å². The van der Waals surface area contributed by atoms with Gasteiger partial charge in [-0.15, -0.1) is 11.3 Å². The number of benzene rings is 2. The van der Waals surface area contributed by atoms with Gasteiger partial charge in [0.1, 0.15) is 5.75 Å². The van der Waals surface area contributed by atoms with E-state index in [-0.39, 0.29) is 16.6 Å². The van der Waals surface area contributed by atoms with Gasteiger partial charge in [-0.3, -0.25) is 4.79 Å². The van der Waals surface area contributed by atoms with Crippen molar-refractivity contribution in [3.63, 3.8) is 0 Å². The van der Waals surface area contributed by atoms with E-state index in [9.17, 15) is 13.2 Å². The van der Waals surface area contributed by atoms with Crippen molar-refractivity contribution in [2.24, 2.45) is 0 Å². The molecule has 2 heterocycles. The fraction of sp³-hybridized carbons (Fsp3) is 0.150. The molecular weight excluding hydrogens is 453 g/mol. The van der Waals surface area contributed by atoms with E-state index in [0.717, 1.165) is 10.4 Å². The number of sulfone groups is 1. The standard InChI is InChI=1S/C20H15Cl2NO4S2/c1-10-5-15(16(27-2)8-14(10)22)23-20(24)17-6-11-9-29(25,26)18-7-12(21)3-4-13(18)19(11)28-17/h3-8H,9H2,1-2H3,(H,23,24). The number of rotatable bonds is 3. The first-order valence-electron chi connectivity index (χ1n) is 8.50. The number of anilines is 1. The summed E-state index contributed by atoms with van der Waals surface area (Å²) in [4.78, 5) is 14.2. The van der Waals surface area contributed by atoms with Gasteiger partial charge in [-0.1, -0.05) is 29.3 Å². The minimum absolute atomic E-state index is 0.164. The fourth-order valence-corrected chi connectivity index (χ4v) is 6.48. The highest BCUT2D eigenvalue weighted by Gasteiger charge is 2.31. The summed E-state index contributed by atoms with van der Waals surface area (Å²) in [5, 5.41) is 3.72. The molecule has 150 valence electrons. The van der Waals surface area contributed by atoms with Crippen molar-refractivity contribution in [1.82, 2.24) is 0 Å². The first-order chi connectivity index (χ1) is 13.7. The number of methoxy groups -OCH3 is 1. The molecule has 1 aliphatic heterocycles. The first-order valence-corrected chi connectivity index (χ1v) is 11.7. The lowest BCUT2D eigenvalue weighted by atomic mass is 10.1. The predicted molar refractivity (Wildman–Crippen MR) is 116 cm³/mol. The minimum atomic E-state index is -3.51. The molecule has 0 spiro atoms. The molecule has 0 saturated carbocycles. The zero-order valence-electron chi connectivity index (χ0n) is 15.4. The highest BCUT2D eigenvalue weighted by molar-refractivity contribution is 7.91. The van der Waals surface area contributed by atoms with E-state index >= 15 is 0 Å². The number of hydrogen-bond acceptors (Lipinski definition) is 5. The number of amides is 1.